The molecule has 2 N–H and O–H groups in total. The molecule has 20 heavy (non-hydrogen) atoms. The van der Waals surface area contributed by atoms with Gasteiger partial charge in [-0.3, -0.25) is 14.5 Å². The van der Waals surface area contributed by atoms with E-state index in [9.17, 15) is 9.59 Å². The van der Waals surface area contributed by atoms with Crippen LogP contribution in [-0.2, 0) is 14.3 Å². The molecule has 1 atom stereocenters. The van der Waals surface area contributed by atoms with Crippen LogP contribution in [0.15, 0.2) is 0 Å². The third kappa shape index (κ3) is 6.86. The van der Waals surface area contributed by atoms with Crippen molar-refractivity contribution in [1.82, 2.24) is 15.5 Å². The molecule has 6 heteroatoms. The Morgan fingerprint density at radius 3 is 2.55 bits per heavy atom. The summed E-state index contributed by atoms with van der Waals surface area (Å²) in [6.07, 6.45) is 2.23. The van der Waals surface area contributed by atoms with Crippen LogP contribution in [0.3, 0.4) is 0 Å². The minimum absolute atomic E-state index is 0.0474. The van der Waals surface area contributed by atoms with Crippen molar-refractivity contribution >= 4 is 11.8 Å². The molecule has 1 unspecified atom stereocenters. The summed E-state index contributed by atoms with van der Waals surface area (Å²) in [4.78, 5) is 25.3. The fourth-order valence-corrected chi connectivity index (χ4v) is 2.14. The Bertz CT molecular complexity index is 315. The molecular formula is C14H27N3O3. The van der Waals surface area contributed by atoms with E-state index in [1.165, 1.54) is 0 Å². The van der Waals surface area contributed by atoms with Crippen molar-refractivity contribution in [2.45, 2.75) is 45.8 Å². The summed E-state index contributed by atoms with van der Waals surface area (Å²) in [5.41, 5.74) is 0. The van der Waals surface area contributed by atoms with Crippen LogP contribution in [0.25, 0.3) is 0 Å². The highest BCUT2D eigenvalue weighted by molar-refractivity contribution is 5.81. The van der Waals surface area contributed by atoms with Gasteiger partial charge in [-0.2, -0.15) is 0 Å². The summed E-state index contributed by atoms with van der Waals surface area (Å²) in [7, 11) is 0. The Morgan fingerprint density at radius 2 is 2.00 bits per heavy atom. The van der Waals surface area contributed by atoms with E-state index in [2.05, 4.69) is 10.6 Å². The molecule has 0 aliphatic carbocycles. The van der Waals surface area contributed by atoms with Crippen molar-refractivity contribution in [3.63, 3.8) is 0 Å². The smallest absolute Gasteiger partial charge is 0.234 e. The average molecular weight is 285 g/mol. The Balaban J connectivity index is 2.24. The molecular weight excluding hydrogens is 258 g/mol. The third-order valence-corrected chi connectivity index (χ3v) is 3.18. The molecule has 1 rings (SSSR count). The van der Waals surface area contributed by atoms with Crippen LogP contribution in [-0.4, -0.2) is 61.6 Å². The van der Waals surface area contributed by atoms with Gasteiger partial charge in [0, 0.05) is 19.2 Å². The molecule has 0 bridgehead atoms. The van der Waals surface area contributed by atoms with Crippen LogP contribution < -0.4 is 10.6 Å². The molecule has 0 aromatic rings. The van der Waals surface area contributed by atoms with Crippen LogP contribution in [0.1, 0.15) is 33.6 Å². The second-order valence-corrected chi connectivity index (χ2v) is 5.46. The van der Waals surface area contributed by atoms with Gasteiger partial charge in [-0.15, -0.1) is 0 Å². The summed E-state index contributed by atoms with van der Waals surface area (Å²) in [6.45, 7) is 8.29. The number of nitrogens with zero attached hydrogens (tertiary/aromatic N) is 1. The van der Waals surface area contributed by atoms with E-state index in [4.69, 9.17) is 4.74 Å². The predicted octanol–water partition coefficient (Wildman–Crippen LogP) is 0.128. The molecule has 1 fully saturated rings. The first-order chi connectivity index (χ1) is 9.51. The maximum absolute atomic E-state index is 11.8. The number of hydrogen-bond donors (Lipinski definition) is 2. The van der Waals surface area contributed by atoms with Crippen LogP contribution in [0.4, 0.5) is 0 Å². The lowest BCUT2D eigenvalue weighted by Crippen LogP contribution is -2.45. The average Bonchev–Trinajstić information content (AvgIpc) is 2.87. The minimum atomic E-state index is -0.0558. The summed E-state index contributed by atoms with van der Waals surface area (Å²) in [5, 5.41) is 5.69. The van der Waals surface area contributed by atoms with Gasteiger partial charge in [0.15, 0.2) is 0 Å². The molecule has 0 spiro atoms. The van der Waals surface area contributed by atoms with Gasteiger partial charge < -0.3 is 15.4 Å². The summed E-state index contributed by atoms with van der Waals surface area (Å²) in [5.74, 6) is -0.103. The summed E-state index contributed by atoms with van der Waals surface area (Å²) in [6, 6.07) is 0.120. The van der Waals surface area contributed by atoms with Crippen LogP contribution in [0, 0.1) is 0 Å². The van der Waals surface area contributed by atoms with E-state index in [1.807, 2.05) is 25.7 Å². The number of carbonyl (C=O) groups is 2. The Morgan fingerprint density at radius 1 is 1.30 bits per heavy atom. The normalized spacial score (nSPS) is 18.6. The molecule has 2 amide bonds. The van der Waals surface area contributed by atoms with Gasteiger partial charge in [0.05, 0.1) is 19.2 Å². The fraction of sp³-hybridized carbons (Fsp3) is 0.857. The monoisotopic (exact) mass is 285 g/mol. The molecule has 116 valence electrons. The first kappa shape index (κ1) is 16.9. The third-order valence-electron chi connectivity index (χ3n) is 3.18. The lowest BCUT2D eigenvalue weighted by molar-refractivity contribution is -0.125. The molecule has 1 heterocycles. The predicted molar refractivity (Wildman–Crippen MR) is 77.4 cm³/mol. The molecule has 1 aliphatic rings. The molecule has 0 saturated carbocycles. The van der Waals surface area contributed by atoms with E-state index in [0.717, 1.165) is 19.4 Å². The van der Waals surface area contributed by atoms with E-state index in [-0.39, 0.29) is 37.0 Å². The molecule has 1 saturated heterocycles. The minimum Gasteiger partial charge on any atom is -0.376 e. The van der Waals surface area contributed by atoms with Gasteiger partial charge in [0.1, 0.15) is 0 Å². The Labute approximate surface area is 121 Å². The highest BCUT2D eigenvalue weighted by Crippen LogP contribution is 2.10. The van der Waals surface area contributed by atoms with Gasteiger partial charge in [0.25, 0.3) is 0 Å². The highest BCUT2D eigenvalue weighted by atomic mass is 16.5. The first-order valence-electron chi connectivity index (χ1n) is 7.41. The van der Waals surface area contributed by atoms with Crippen molar-refractivity contribution in [3.05, 3.63) is 0 Å². The largest absolute Gasteiger partial charge is 0.376 e. The number of carbonyl (C=O) groups excluding carboxylic acids is 2. The van der Waals surface area contributed by atoms with Gasteiger partial charge in [-0.25, -0.2) is 0 Å². The molecule has 0 aromatic heterocycles. The number of nitrogens with one attached hydrogen (secondary N) is 2. The SMILES string of the molecule is CCN(CC(=O)NCC1CCCO1)CC(=O)NC(C)C. The summed E-state index contributed by atoms with van der Waals surface area (Å²) < 4.78 is 5.45. The topological polar surface area (TPSA) is 70.7 Å². The second kappa shape index (κ2) is 8.92. The lowest BCUT2D eigenvalue weighted by atomic mass is 10.2. The van der Waals surface area contributed by atoms with Crippen LogP contribution >= 0.6 is 0 Å². The molecule has 0 aromatic carbocycles. The van der Waals surface area contributed by atoms with E-state index < -0.39 is 0 Å². The number of hydrogen-bond acceptors (Lipinski definition) is 4. The zero-order valence-electron chi connectivity index (χ0n) is 12.8. The second-order valence-electron chi connectivity index (χ2n) is 5.46. The van der Waals surface area contributed by atoms with E-state index in [1.54, 1.807) is 0 Å². The summed E-state index contributed by atoms with van der Waals surface area (Å²) >= 11 is 0. The van der Waals surface area contributed by atoms with Crippen molar-refractivity contribution in [3.8, 4) is 0 Å². The van der Waals surface area contributed by atoms with Gasteiger partial charge in [0.2, 0.25) is 11.8 Å². The van der Waals surface area contributed by atoms with Gasteiger partial charge in [-0.1, -0.05) is 6.92 Å². The quantitative estimate of drug-likeness (QED) is 0.665. The lowest BCUT2D eigenvalue weighted by Gasteiger charge is -2.20. The zero-order valence-corrected chi connectivity index (χ0v) is 12.8. The van der Waals surface area contributed by atoms with Crippen LogP contribution in [0.2, 0.25) is 0 Å². The number of ether oxygens (including phenoxy) is 1. The van der Waals surface area contributed by atoms with E-state index >= 15 is 0 Å². The fourth-order valence-electron chi connectivity index (χ4n) is 2.14. The zero-order chi connectivity index (χ0) is 15.0. The maximum Gasteiger partial charge on any atom is 0.234 e. The number of amides is 2. The Kier molecular flexibility index (Phi) is 7.54. The number of rotatable bonds is 8. The first-order valence-corrected chi connectivity index (χ1v) is 7.41. The maximum atomic E-state index is 11.8. The highest BCUT2D eigenvalue weighted by Gasteiger charge is 2.18. The van der Waals surface area contributed by atoms with Crippen molar-refractivity contribution in [2.75, 3.05) is 32.8 Å². The van der Waals surface area contributed by atoms with Crippen molar-refractivity contribution in [1.29, 1.82) is 0 Å². The molecule has 0 radical (unpaired) electrons. The standard InChI is InChI=1S/C14H27N3O3/c1-4-17(10-14(19)16-11(2)3)9-13(18)15-8-12-6-5-7-20-12/h11-12H,4-10H2,1-3H3,(H,15,18)(H,16,19). The molecule has 6 nitrogen and oxygen atoms in total. The van der Waals surface area contributed by atoms with Gasteiger partial charge in [-0.05, 0) is 33.2 Å². The van der Waals surface area contributed by atoms with Gasteiger partial charge >= 0.3 is 0 Å². The van der Waals surface area contributed by atoms with Crippen LogP contribution in [0.5, 0.6) is 0 Å². The van der Waals surface area contributed by atoms with Crippen molar-refractivity contribution < 1.29 is 14.3 Å². The Hall–Kier alpha value is -1.14. The van der Waals surface area contributed by atoms with E-state index in [0.29, 0.717) is 13.1 Å². The number of likely N-dealkylation sites (N-methyl/N-ethyl adjacent to an activating group) is 1. The van der Waals surface area contributed by atoms with Crippen molar-refractivity contribution in [2.24, 2.45) is 0 Å². The molecule has 1 aliphatic heterocycles.